The minimum atomic E-state index is -1.72. The van der Waals surface area contributed by atoms with Gasteiger partial charge in [0.25, 0.3) is 11.8 Å². The van der Waals surface area contributed by atoms with Crippen molar-refractivity contribution >= 4 is 105 Å². The van der Waals surface area contributed by atoms with Crippen LogP contribution in [0.1, 0.15) is 19.5 Å². The number of carbonyl (C=O) groups is 4. The molecule has 16 heteroatoms. The van der Waals surface area contributed by atoms with Gasteiger partial charge in [0, 0.05) is 64.5 Å². The number of hydrogen-bond donors (Lipinski definition) is 4. The number of oxime groups is 1. The molecule has 1 aliphatic heterocycles. The molecule has 0 bridgehead atoms. The zero-order valence-electron chi connectivity index (χ0n) is 16.7. The summed E-state index contributed by atoms with van der Waals surface area (Å²) in [5.74, 6) is -4.08. The molecule has 0 spiro atoms. The Kier molecular flexibility index (Phi) is 11.4. The summed E-state index contributed by atoms with van der Waals surface area (Å²) in [6, 6.07) is -0.977. The Hall–Kier alpha value is -1.26. The van der Waals surface area contributed by atoms with Gasteiger partial charge in [-0.3, -0.25) is 14.4 Å². The molecule has 0 unspecified atom stereocenters. The van der Waals surface area contributed by atoms with Crippen LogP contribution in [0.4, 0.5) is 5.13 Å². The topological polar surface area (TPSA) is 194 Å². The number of anilines is 1. The fraction of sp³-hybridized carbons (Fsp3) is 0.429. The molecule has 1 aromatic rings. The third-order valence-corrected chi connectivity index (χ3v) is 4.08. The van der Waals surface area contributed by atoms with E-state index < -0.39 is 42.0 Å². The van der Waals surface area contributed by atoms with Crippen molar-refractivity contribution in [2.24, 2.45) is 5.16 Å². The zero-order chi connectivity index (χ0) is 21.1. The van der Waals surface area contributed by atoms with Crippen molar-refractivity contribution in [1.82, 2.24) is 15.4 Å². The van der Waals surface area contributed by atoms with E-state index in [0.717, 1.165) is 16.4 Å². The van der Waals surface area contributed by atoms with E-state index >= 15 is 0 Å². The normalized spacial score (nSPS) is 15.9. The van der Waals surface area contributed by atoms with E-state index in [4.69, 9.17) is 25.6 Å². The molecule has 5 N–H and O–H groups in total. The number of thiazole rings is 1. The molecule has 154 valence electrons. The summed E-state index contributed by atoms with van der Waals surface area (Å²) in [5.41, 5.74) is 3.48. The number of carbonyl (C=O) groups excluding carboxylic acids is 2. The van der Waals surface area contributed by atoms with Gasteiger partial charge in [-0.2, -0.15) is 0 Å². The summed E-state index contributed by atoms with van der Waals surface area (Å²) in [5, 5.41) is 25.9. The molecule has 1 fully saturated rings. The SMILES string of the molecule is CC(C)(ON=C(C(=O)N[C@H]1CN(OCC(=O)O)C1=O)c1csc(N)n1)C(=O)O.[Na].[Na]. The zero-order valence-corrected chi connectivity index (χ0v) is 21.6. The Morgan fingerprint density at radius 3 is 2.50 bits per heavy atom. The predicted octanol–water partition coefficient (Wildman–Crippen LogP) is -2.11. The molecule has 30 heavy (non-hydrogen) atoms. The molecule has 2 radical (unpaired) electrons. The van der Waals surface area contributed by atoms with E-state index in [1.807, 2.05) is 0 Å². The van der Waals surface area contributed by atoms with E-state index in [-0.39, 0.29) is 82.2 Å². The van der Waals surface area contributed by atoms with Crippen LogP contribution in [0.5, 0.6) is 0 Å². The van der Waals surface area contributed by atoms with Gasteiger partial charge in [-0.05, 0) is 13.8 Å². The predicted molar refractivity (Wildman–Crippen MR) is 105 cm³/mol. The minimum Gasteiger partial charge on any atom is -0.479 e. The fourth-order valence-electron chi connectivity index (χ4n) is 1.78. The van der Waals surface area contributed by atoms with Crippen LogP contribution in [0.3, 0.4) is 0 Å². The van der Waals surface area contributed by atoms with Gasteiger partial charge in [-0.15, -0.1) is 11.3 Å². The maximum absolute atomic E-state index is 12.5. The molecular formula is C14H17N5Na2O8S. The molecule has 2 heterocycles. The van der Waals surface area contributed by atoms with Crippen LogP contribution in [0, 0.1) is 0 Å². The molecule has 1 aromatic heterocycles. The first kappa shape index (κ1) is 28.7. The first-order valence-electron chi connectivity index (χ1n) is 7.69. The third-order valence-electron chi connectivity index (χ3n) is 3.40. The number of hydroxylamine groups is 2. The van der Waals surface area contributed by atoms with Gasteiger partial charge in [0.05, 0.1) is 6.54 Å². The van der Waals surface area contributed by atoms with Crippen LogP contribution in [-0.4, -0.2) is 134 Å². The Bertz CT molecular complexity index is 846. The number of aromatic nitrogens is 1. The number of aliphatic carboxylic acids is 2. The number of carboxylic acids is 2. The molecule has 1 atom stereocenters. The van der Waals surface area contributed by atoms with Gasteiger partial charge in [-0.1, -0.05) is 5.16 Å². The first-order chi connectivity index (χ1) is 13.0. The van der Waals surface area contributed by atoms with E-state index in [1.54, 1.807) is 0 Å². The Morgan fingerprint density at radius 2 is 2.03 bits per heavy atom. The number of nitrogen functional groups attached to an aromatic ring is 1. The largest absolute Gasteiger partial charge is 0.479 e. The van der Waals surface area contributed by atoms with Crippen molar-refractivity contribution < 1.29 is 39.1 Å². The van der Waals surface area contributed by atoms with Crippen molar-refractivity contribution in [2.75, 3.05) is 18.9 Å². The Labute approximate surface area is 218 Å². The van der Waals surface area contributed by atoms with Crippen LogP contribution in [0.15, 0.2) is 10.5 Å². The smallest absolute Gasteiger partial charge is 0.350 e. The number of nitrogens with one attached hydrogen (secondary N) is 1. The van der Waals surface area contributed by atoms with E-state index in [1.165, 1.54) is 19.2 Å². The first-order valence-corrected chi connectivity index (χ1v) is 8.57. The van der Waals surface area contributed by atoms with Crippen LogP contribution in [-0.2, 0) is 28.9 Å². The van der Waals surface area contributed by atoms with Crippen LogP contribution >= 0.6 is 11.3 Å². The number of β-lactam (4-membered cyclic amide) rings is 1. The number of rotatable bonds is 9. The molecule has 2 amide bonds. The number of carboxylic acid groups (broad SMARTS) is 2. The summed E-state index contributed by atoms with van der Waals surface area (Å²) >= 11 is 1.02. The molecule has 1 saturated heterocycles. The van der Waals surface area contributed by atoms with Crippen molar-refractivity contribution in [3.63, 3.8) is 0 Å². The van der Waals surface area contributed by atoms with Gasteiger partial charge >= 0.3 is 11.9 Å². The molecule has 0 aromatic carbocycles. The molecule has 1 aliphatic rings. The molecule has 13 nitrogen and oxygen atoms in total. The number of hydrogen-bond acceptors (Lipinski definition) is 10. The van der Waals surface area contributed by atoms with E-state index in [2.05, 4.69) is 15.5 Å². The second-order valence-corrected chi connectivity index (χ2v) is 6.90. The maximum Gasteiger partial charge on any atom is 0.350 e. The fourth-order valence-corrected chi connectivity index (χ4v) is 2.33. The molecule has 0 aliphatic carbocycles. The van der Waals surface area contributed by atoms with Crippen molar-refractivity contribution in [1.29, 1.82) is 0 Å². The minimum absolute atomic E-state index is 0. The van der Waals surface area contributed by atoms with E-state index in [9.17, 15) is 19.2 Å². The standard InChI is InChI=1S/C14H17N5O8S.2Na/c1-14(2,12(24)25)27-18-9(7-5-28-13(15)17-7)10(22)16-6-3-19(11(6)23)26-4-8(20)21;;/h5-6H,3-4H2,1-2H3,(H2,15,17)(H,16,22)(H,20,21)(H,24,25);;/t6-;;/m0../s1. The monoisotopic (exact) mass is 461 g/mol. The van der Waals surface area contributed by atoms with Crippen LogP contribution < -0.4 is 11.1 Å². The second-order valence-electron chi connectivity index (χ2n) is 6.01. The number of nitrogens with zero attached hydrogens (tertiary/aromatic N) is 3. The van der Waals surface area contributed by atoms with Gasteiger partial charge in [0.15, 0.2) is 17.5 Å². The number of nitrogens with two attached hydrogens (primary N) is 1. The third kappa shape index (κ3) is 7.46. The summed E-state index contributed by atoms with van der Waals surface area (Å²) in [7, 11) is 0. The van der Waals surface area contributed by atoms with Gasteiger partial charge < -0.3 is 26.1 Å². The van der Waals surface area contributed by atoms with Gasteiger partial charge in [0.1, 0.15) is 11.7 Å². The Morgan fingerprint density at radius 1 is 1.40 bits per heavy atom. The Balaban J connectivity index is 0.00000420. The van der Waals surface area contributed by atoms with Crippen molar-refractivity contribution in [3.8, 4) is 0 Å². The van der Waals surface area contributed by atoms with Crippen molar-refractivity contribution in [2.45, 2.75) is 25.5 Å². The quantitative estimate of drug-likeness (QED) is 0.137. The van der Waals surface area contributed by atoms with Gasteiger partial charge in [0.2, 0.25) is 5.60 Å². The second kappa shape index (κ2) is 12.0. The maximum atomic E-state index is 12.5. The van der Waals surface area contributed by atoms with Crippen molar-refractivity contribution in [3.05, 3.63) is 11.1 Å². The molecule has 0 saturated carbocycles. The summed E-state index contributed by atoms with van der Waals surface area (Å²) < 4.78 is 0. The average Bonchev–Trinajstić information content (AvgIpc) is 3.02. The van der Waals surface area contributed by atoms with Gasteiger partial charge in [-0.25, -0.2) is 19.6 Å². The summed E-state index contributed by atoms with van der Waals surface area (Å²) in [6.45, 7) is 1.69. The summed E-state index contributed by atoms with van der Waals surface area (Å²) in [4.78, 5) is 59.5. The average molecular weight is 461 g/mol. The van der Waals surface area contributed by atoms with E-state index in [0.29, 0.717) is 0 Å². The molecule has 2 rings (SSSR count). The summed E-state index contributed by atoms with van der Waals surface area (Å²) in [6.07, 6.45) is 0. The molecular weight excluding hydrogens is 444 g/mol. The number of amides is 2. The van der Waals surface area contributed by atoms with Crippen LogP contribution in [0.2, 0.25) is 0 Å². The van der Waals surface area contributed by atoms with Crippen LogP contribution in [0.25, 0.3) is 0 Å².